The molecule has 3 nitrogen and oxygen atoms in total. The molecule has 5 heteroatoms. The first-order valence-electron chi connectivity index (χ1n) is 6.34. The zero-order chi connectivity index (χ0) is 11.9. The topological polar surface area (TPSA) is 50.9 Å². The SMILES string of the molecule is NNC(CSC1CCCCC1)Cc1nccs1. The van der Waals surface area contributed by atoms with Gasteiger partial charge in [-0.05, 0) is 12.8 Å². The van der Waals surface area contributed by atoms with Gasteiger partial charge in [0.05, 0.1) is 5.01 Å². The molecule has 0 amide bonds. The van der Waals surface area contributed by atoms with Gasteiger partial charge in [0.25, 0.3) is 0 Å². The molecule has 0 spiro atoms. The minimum atomic E-state index is 0.355. The molecule has 1 aliphatic carbocycles. The van der Waals surface area contributed by atoms with Gasteiger partial charge in [-0.1, -0.05) is 19.3 Å². The molecule has 96 valence electrons. The second kappa shape index (κ2) is 7.36. The number of nitrogens with zero attached hydrogens (tertiary/aromatic N) is 1. The molecular weight excluding hydrogens is 250 g/mol. The third-order valence-electron chi connectivity index (χ3n) is 3.23. The second-order valence-electron chi connectivity index (χ2n) is 4.59. The van der Waals surface area contributed by atoms with Gasteiger partial charge in [0.1, 0.15) is 0 Å². The number of thioether (sulfide) groups is 1. The number of hydrogen-bond donors (Lipinski definition) is 2. The summed E-state index contributed by atoms with van der Waals surface area (Å²) in [4.78, 5) is 4.31. The van der Waals surface area contributed by atoms with Crippen LogP contribution in [0.25, 0.3) is 0 Å². The van der Waals surface area contributed by atoms with Gasteiger partial charge in [-0.2, -0.15) is 11.8 Å². The molecule has 2 rings (SSSR count). The molecular formula is C12H21N3S2. The van der Waals surface area contributed by atoms with Crippen molar-refractivity contribution in [2.45, 2.75) is 49.8 Å². The van der Waals surface area contributed by atoms with E-state index in [1.54, 1.807) is 11.3 Å². The van der Waals surface area contributed by atoms with E-state index in [2.05, 4.69) is 22.2 Å². The van der Waals surface area contributed by atoms with Gasteiger partial charge in [0, 0.05) is 35.0 Å². The summed E-state index contributed by atoms with van der Waals surface area (Å²) in [6.07, 6.45) is 9.83. The van der Waals surface area contributed by atoms with Gasteiger partial charge in [-0.15, -0.1) is 11.3 Å². The van der Waals surface area contributed by atoms with E-state index >= 15 is 0 Å². The van der Waals surface area contributed by atoms with E-state index in [9.17, 15) is 0 Å². The Morgan fingerprint density at radius 2 is 2.29 bits per heavy atom. The van der Waals surface area contributed by atoms with Crippen LogP contribution in [0.4, 0.5) is 0 Å². The highest BCUT2D eigenvalue weighted by molar-refractivity contribution is 7.99. The highest BCUT2D eigenvalue weighted by Crippen LogP contribution is 2.28. The number of hydrogen-bond acceptors (Lipinski definition) is 5. The zero-order valence-electron chi connectivity index (χ0n) is 10.1. The minimum absolute atomic E-state index is 0.355. The van der Waals surface area contributed by atoms with E-state index in [1.807, 2.05) is 11.6 Å². The molecule has 3 N–H and O–H groups in total. The molecule has 0 bridgehead atoms. The van der Waals surface area contributed by atoms with Gasteiger partial charge in [0.2, 0.25) is 0 Å². The van der Waals surface area contributed by atoms with Crippen LogP contribution in [0.15, 0.2) is 11.6 Å². The predicted octanol–water partition coefficient (Wildman–Crippen LogP) is 2.58. The van der Waals surface area contributed by atoms with Crippen LogP contribution in [-0.2, 0) is 6.42 Å². The lowest BCUT2D eigenvalue weighted by Crippen LogP contribution is -2.39. The Kier molecular flexibility index (Phi) is 5.77. The van der Waals surface area contributed by atoms with Crippen molar-refractivity contribution in [2.75, 3.05) is 5.75 Å². The largest absolute Gasteiger partial charge is 0.271 e. The van der Waals surface area contributed by atoms with Crippen LogP contribution < -0.4 is 11.3 Å². The fraction of sp³-hybridized carbons (Fsp3) is 0.750. The Hall–Kier alpha value is -0.100. The summed E-state index contributed by atoms with van der Waals surface area (Å²) in [5.74, 6) is 6.72. The van der Waals surface area contributed by atoms with Crippen molar-refractivity contribution < 1.29 is 0 Å². The lowest BCUT2D eigenvalue weighted by Gasteiger charge is -2.23. The van der Waals surface area contributed by atoms with Crippen molar-refractivity contribution in [2.24, 2.45) is 5.84 Å². The van der Waals surface area contributed by atoms with E-state index in [1.165, 1.54) is 37.1 Å². The van der Waals surface area contributed by atoms with E-state index in [4.69, 9.17) is 5.84 Å². The number of hydrazine groups is 1. The van der Waals surface area contributed by atoms with Crippen molar-refractivity contribution in [1.82, 2.24) is 10.4 Å². The molecule has 0 radical (unpaired) electrons. The Labute approximate surface area is 112 Å². The molecule has 1 unspecified atom stereocenters. The van der Waals surface area contributed by atoms with Gasteiger partial charge in [0.15, 0.2) is 0 Å². The molecule has 1 saturated carbocycles. The van der Waals surface area contributed by atoms with Crippen molar-refractivity contribution >= 4 is 23.1 Å². The maximum Gasteiger partial charge on any atom is 0.0941 e. The first kappa shape index (κ1) is 13.3. The van der Waals surface area contributed by atoms with E-state index < -0.39 is 0 Å². The van der Waals surface area contributed by atoms with Crippen molar-refractivity contribution in [3.05, 3.63) is 16.6 Å². The number of nitrogens with one attached hydrogen (secondary N) is 1. The van der Waals surface area contributed by atoms with Crippen LogP contribution >= 0.6 is 23.1 Å². The minimum Gasteiger partial charge on any atom is -0.271 e. The summed E-state index contributed by atoms with van der Waals surface area (Å²) >= 11 is 3.80. The lowest BCUT2D eigenvalue weighted by molar-refractivity contribution is 0.513. The molecule has 1 aromatic heterocycles. The summed E-state index contributed by atoms with van der Waals surface area (Å²) < 4.78 is 0. The second-order valence-corrected chi connectivity index (χ2v) is 6.90. The Bertz CT molecular complexity index is 297. The van der Waals surface area contributed by atoms with Gasteiger partial charge in [-0.25, -0.2) is 4.98 Å². The highest BCUT2D eigenvalue weighted by Gasteiger charge is 2.16. The lowest BCUT2D eigenvalue weighted by atomic mass is 10.0. The first-order chi connectivity index (χ1) is 8.38. The number of aromatic nitrogens is 1. The third-order valence-corrected chi connectivity index (χ3v) is 5.57. The third kappa shape index (κ3) is 4.58. The highest BCUT2D eigenvalue weighted by atomic mass is 32.2. The molecule has 0 aliphatic heterocycles. The smallest absolute Gasteiger partial charge is 0.0941 e. The van der Waals surface area contributed by atoms with Crippen LogP contribution in [0, 0.1) is 0 Å². The number of rotatable bonds is 6. The quantitative estimate of drug-likeness (QED) is 0.617. The molecule has 0 aromatic carbocycles. The van der Waals surface area contributed by atoms with Crippen molar-refractivity contribution in [3.8, 4) is 0 Å². The monoisotopic (exact) mass is 271 g/mol. The molecule has 1 aromatic rings. The van der Waals surface area contributed by atoms with Crippen LogP contribution in [0.2, 0.25) is 0 Å². The maximum atomic E-state index is 5.62. The molecule has 1 fully saturated rings. The maximum absolute atomic E-state index is 5.62. The van der Waals surface area contributed by atoms with Crippen molar-refractivity contribution in [1.29, 1.82) is 0 Å². The average Bonchev–Trinajstić information content (AvgIpc) is 2.88. The van der Waals surface area contributed by atoms with Crippen molar-refractivity contribution in [3.63, 3.8) is 0 Å². The number of nitrogens with two attached hydrogens (primary N) is 1. The first-order valence-corrected chi connectivity index (χ1v) is 8.27. The van der Waals surface area contributed by atoms with E-state index in [0.717, 1.165) is 17.4 Å². The Morgan fingerprint density at radius 3 is 2.94 bits per heavy atom. The zero-order valence-corrected chi connectivity index (χ0v) is 11.7. The van der Waals surface area contributed by atoms with Crippen LogP contribution in [0.3, 0.4) is 0 Å². The van der Waals surface area contributed by atoms with Gasteiger partial charge >= 0.3 is 0 Å². The Balaban J connectivity index is 1.71. The summed E-state index contributed by atoms with van der Waals surface area (Å²) in [7, 11) is 0. The summed E-state index contributed by atoms with van der Waals surface area (Å²) in [6, 6.07) is 0.355. The van der Waals surface area contributed by atoms with Crippen LogP contribution in [-0.4, -0.2) is 22.0 Å². The number of thiazole rings is 1. The van der Waals surface area contributed by atoms with Crippen LogP contribution in [0.1, 0.15) is 37.1 Å². The predicted molar refractivity (Wildman–Crippen MR) is 76.3 cm³/mol. The molecule has 1 heterocycles. The van der Waals surface area contributed by atoms with Crippen LogP contribution in [0.5, 0.6) is 0 Å². The summed E-state index contributed by atoms with van der Waals surface area (Å²) in [5.41, 5.74) is 2.93. The molecule has 17 heavy (non-hydrogen) atoms. The van der Waals surface area contributed by atoms with E-state index in [-0.39, 0.29) is 0 Å². The van der Waals surface area contributed by atoms with Gasteiger partial charge < -0.3 is 0 Å². The average molecular weight is 271 g/mol. The molecule has 0 saturated heterocycles. The Morgan fingerprint density at radius 1 is 1.47 bits per heavy atom. The standard InChI is InChI=1S/C12H21N3S2/c13-15-10(8-12-14-6-7-16-12)9-17-11-4-2-1-3-5-11/h6-7,10-11,15H,1-5,8-9,13H2. The summed E-state index contributed by atoms with van der Waals surface area (Å²) in [6.45, 7) is 0. The summed E-state index contributed by atoms with van der Waals surface area (Å²) in [5, 5.41) is 4.06. The molecule has 1 aliphatic rings. The fourth-order valence-electron chi connectivity index (χ4n) is 2.21. The van der Waals surface area contributed by atoms with E-state index in [0.29, 0.717) is 6.04 Å². The van der Waals surface area contributed by atoms with Gasteiger partial charge in [-0.3, -0.25) is 11.3 Å². The molecule has 1 atom stereocenters. The normalized spacial score (nSPS) is 19.4. The fourth-order valence-corrected chi connectivity index (χ4v) is 4.30.